The van der Waals surface area contributed by atoms with E-state index in [0.29, 0.717) is 80.4 Å². The molecule has 0 spiro atoms. The van der Waals surface area contributed by atoms with Crippen LogP contribution in [0.4, 0.5) is 22.7 Å². The molecular weight excluding hydrogens is 705 g/mol. The van der Waals surface area contributed by atoms with Crippen LogP contribution in [-0.4, -0.2) is 46.3 Å². The number of sulfonamides is 1. The number of unbranched alkanes of at least 4 members (excludes halogenated alkanes) is 1. The maximum Gasteiger partial charge on any atom is 0.232 e. The second-order valence-corrected chi connectivity index (χ2v) is 14.3. The summed E-state index contributed by atoms with van der Waals surface area (Å²) in [7, 11) is 0.852. The molecule has 0 bridgehead atoms. The molecule has 1 aromatic heterocycles. The Labute approximate surface area is 313 Å². The molecule has 272 valence electrons. The fourth-order valence-corrected chi connectivity index (χ4v) is 7.90. The van der Waals surface area contributed by atoms with Crippen molar-refractivity contribution in [3.05, 3.63) is 120 Å². The topological polar surface area (TPSA) is 129 Å². The Morgan fingerprint density at radius 1 is 0.741 bits per heavy atom. The number of ether oxygens (including phenoxy) is 4. The lowest BCUT2D eigenvalue weighted by atomic mass is 9.81. The molecule has 2 N–H and O–H groups in total. The molecule has 0 unspecified atom stereocenters. The zero-order chi connectivity index (χ0) is 38.0. The van der Waals surface area contributed by atoms with E-state index in [2.05, 4.69) is 14.9 Å². The first-order valence-corrected chi connectivity index (χ1v) is 18.8. The van der Waals surface area contributed by atoms with Crippen molar-refractivity contribution in [2.75, 3.05) is 37.1 Å². The van der Waals surface area contributed by atoms with E-state index in [4.69, 9.17) is 30.5 Å². The second-order valence-electron chi connectivity index (χ2n) is 12.5. The van der Waals surface area contributed by atoms with Crippen LogP contribution in [0.25, 0.3) is 38.1 Å². The maximum absolute atomic E-state index is 14.7. The predicted octanol–water partition coefficient (Wildman–Crippen LogP) is 9.77. The van der Waals surface area contributed by atoms with Crippen molar-refractivity contribution in [3.8, 4) is 51.1 Å². The van der Waals surface area contributed by atoms with Crippen molar-refractivity contribution in [1.82, 2.24) is 4.98 Å². The number of rotatable bonds is 13. The first-order valence-electron chi connectivity index (χ1n) is 17.2. The van der Waals surface area contributed by atoms with Crippen molar-refractivity contribution in [2.24, 2.45) is 0 Å². The number of hydrogen-bond donors (Lipinski definition) is 2. The van der Waals surface area contributed by atoms with E-state index < -0.39 is 10.0 Å². The van der Waals surface area contributed by atoms with Gasteiger partial charge in [-0.25, -0.2) is 13.3 Å². The molecule has 0 fully saturated rings. The number of benzene rings is 5. The predicted molar refractivity (Wildman–Crippen MR) is 211 cm³/mol. The minimum Gasteiger partial charge on any atom is -0.496 e. The first kappa shape index (κ1) is 35.8. The number of methoxy groups -OCH3 is 3. The number of anilines is 3. The SMILES string of the molecule is [C-]#[N+]c1c(-c2ccccc2NS(=O)(=O)CCCC)nc2c(Oc3ccccc3)cc(Nc3c(OC)cc(OC)cc3OC)c3c2c1-c1ccccc1C3=O. The summed E-state index contributed by atoms with van der Waals surface area (Å²) in [6.07, 6.45) is 1.20. The summed E-state index contributed by atoms with van der Waals surface area (Å²) < 4.78 is 52.6. The van der Waals surface area contributed by atoms with Gasteiger partial charge in [0.05, 0.1) is 56.3 Å². The summed E-state index contributed by atoms with van der Waals surface area (Å²) in [5, 5.41) is 3.80. The third kappa shape index (κ3) is 6.50. The Kier molecular flexibility index (Phi) is 9.82. The van der Waals surface area contributed by atoms with Crippen molar-refractivity contribution in [3.63, 3.8) is 0 Å². The van der Waals surface area contributed by atoms with Crippen LogP contribution in [0.3, 0.4) is 0 Å². The smallest absolute Gasteiger partial charge is 0.232 e. The van der Waals surface area contributed by atoms with Crippen molar-refractivity contribution in [2.45, 2.75) is 19.8 Å². The minimum atomic E-state index is -3.72. The molecule has 54 heavy (non-hydrogen) atoms. The number of carbonyl (C=O) groups excluding carboxylic acids is 1. The number of para-hydroxylation sites is 2. The molecule has 0 amide bonds. The zero-order valence-corrected chi connectivity index (χ0v) is 30.8. The van der Waals surface area contributed by atoms with E-state index >= 15 is 0 Å². The van der Waals surface area contributed by atoms with E-state index in [1.807, 2.05) is 31.2 Å². The van der Waals surface area contributed by atoms with E-state index in [1.165, 1.54) is 21.3 Å². The lowest BCUT2D eigenvalue weighted by molar-refractivity contribution is 0.104. The molecule has 11 nitrogen and oxygen atoms in total. The first-order chi connectivity index (χ1) is 26.2. The molecule has 5 aromatic carbocycles. The van der Waals surface area contributed by atoms with Gasteiger partial charge in [0.2, 0.25) is 15.7 Å². The molecule has 0 aliphatic heterocycles. The molecule has 0 atom stereocenters. The van der Waals surface area contributed by atoms with Gasteiger partial charge in [0.15, 0.2) is 11.5 Å². The Hall–Kier alpha value is -6.58. The molecule has 7 rings (SSSR count). The third-order valence-electron chi connectivity index (χ3n) is 9.14. The molecule has 1 aliphatic carbocycles. The van der Waals surface area contributed by atoms with Crippen LogP contribution < -0.4 is 29.0 Å². The van der Waals surface area contributed by atoms with Gasteiger partial charge >= 0.3 is 0 Å². The molecule has 0 saturated heterocycles. The van der Waals surface area contributed by atoms with Crippen molar-refractivity contribution in [1.29, 1.82) is 0 Å². The van der Waals surface area contributed by atoms with Gasteiger partial charge in [-0.1, -0.05) is 74.0 Å². The lowest BCUT2D eigenvalue weighted by Gasteiger charge is -2.27. The van der Waals surface area contributed by atoms with Gasteiger partial charge in [-0.15, -0.1) is 0 Å². The summed E-state index contributed by atoms with van der Waals surface area (Å²) in [5.74, 6) is 1.71. The van der Waals surface area contributed by atoms with Crippen molar-refractivity contribution >= 4 is 49.5 Å². The highest BCUT2D eigenvalue weighted by molar-refractivity contribution is 7.92. The number of ketones is 1. The standard InChI is InChI=1S/C42H36N4O7S/c1-6-7-21-54(48,49)46-30-20-14-13-19-29(30)38-41(43-2)35-27-17-11-12-18-28(27)42(47)36-31(44-39-32(51-4)22-26(50-3)23-33(39)52-5)24-34(40(45-38)37(35)36)53-25-15-9-8-10-16-25/h8-20,22-24,44,46H,6-7,21H2,1,3-5H3. The van der Waals surface area contributed by atoms with E-state index in [-0.39, 0.29) is 39.9 Å². The molecular formula is C42H36N4O7S. The van der Waals surface area contributed by atoms with Crippen LogP contribution in [0, 0.1) is 6.57 Å². The minimum absolute atomic E-state index is 0.0582. The average molecular weight is 741 g/mol. The van der Waals surface area contributed by atoms with E-state index in [9.17, 15) is 13.2 Å². The highest BCUT2D eigenvalue weighted by atomic mass is 32.2. The Balaban J connectivity index is 1.58. The van der Waals surface area contributed by atoms with Gasteiger partial charge in [0.1, 0.15) is 34.2 Å². The van der Waals surface area contributed by atoms with Gasteiger partial charge in [0, 0.05) is 40.3 Å². The number of fused-ring (bicyclic) bond motifs is 2. The number of nitrogens with one attached hydrogen (secondary N) is 2. The summed E-state index contributed by atoms with van der Waals surface area (Å²) >= 11 is 0. The second kappa shape index (κ2) is 14.8. The van der Waals surface area contributed by atoms with Crippen LogP contribution in [0.5, 0.6) is 28.7 Å². The monoisotopic (exact) mass is 740 g/mol. The van der Waals surface area contributed by atoms with Gasteiger partial charge in [-0.2, -0.15) is 0 Å². The van der Waals surface area contributed by atoms with Gasteiger partial charge in [-0.05, 0) is 30.2 Å². The van der Waals surface area contributed by atoms with E-state index in [1.54, 1.807) is 72.8 Å². The number of hydrogen-bond acceptors (Lipinski definition) is 9. The number of carbonyl (C=O) groups is 1. The summed E-state index contributed by atoms with van der Waals surface area (Å²) in [5.41, 5.74) is 3.79. The fourth-order valence-electron chi connectivity index (χ4n) is 6.62. The average Bonchev–Trinajstić information content (AvgIpc) is 3.19. The summed E-state index contributed by atoms with van der Waals surface area (Å²) in [6, 6.07) is 28.2. The number of pyridine rings is 1. The van der Waals surface area contributed by atoms with Gasteiger partial charge in [-0.3, -0.25) is 14.5 Å². The van der Waals surface area contributed by atoms with Gasteiger partial charge in [0.25, 0.3) is 0 Å². The van der Waals surface area contributed by atoms with E-state index in [0.717, 1.165) is 0 Å². The number of aromatic nitrogens is 1. The molecule has 0 radical (unpaired) electrons. The molecule has 1 heterocycles. The third-order valence-corrected chi connectivity index (χ3v) is 10.5. The summed E-state index contributed by atoms with van der Waals surface area (Å²) in [4.78, 5) is 23.8. The van der Waals surface area contributed by atoms with Gasteiger partial charge < -0.3 is 24.3 Å². The van der Waals surface area contributed by atoms with Crippen LogP contribution in [0.1, 0.15) is 35.7 Å². The normalized spacial score (nSPS) is 11.7. The highest BCUT2D eigenvalue weighted by Crippen LogP contribution is 2.54. The summed E-state index contributed by atoms with van der Waals surface area (Å²) in [6.45, 7) is 10.5. The molecule has 1 aliphatic rings. The Morgan fingerprint density at radius 2 is 1.39 bits per heavy atom. The molecule has 12 heteroatoms. The molecule has 0 saturated carbocycles. The highest BCUT2D eigenvalue weighted by Gasteiger charge is 2.35. The Bertz CT molecular complexity index is 2560. The van der Waals surface area contributed by atoms with Crippen LogP contribution >= 0.6 is 0 Å². The zero-order valence-electron chi connectivity index (χ0n) is 30.0. The largest absolute Gasteiger partial charge is 0.496 e. The lowest BCUT2D eigenvalue weighted by Crippen LogP contribution is -2.17. The van der Waals surface area contributed by atoms with Crippen LogP contribution in [0.15, 0.2) is 97.1 Å². The number of nitrogens with zero attached hydrogens (tertiary/aromatic N) is 2. The maximum atomic E-state index is 14.7. The van der Waals surface area contributed by atoms with Crippen LogP contribution in [-0.2, 0) is 10.0 Å². The molecule has 6 aromatic rings. The quantitative estimate of drug-likeness (QED) is 0.111. The van der Waals surface area contributed by atoms with Crippen LogP contribution in [0.2, 0.25) is 0 Å². The fraction of sp³-hybridized carbons (Fsp3) is 0.167. The van der Waals surface area contributed by atoms with Crippen molar-refractivity contribution < 1.29 is 32.2 Å². The Morgan fingerprint density at radius 3 is 2.04 bits per heavy atom.